The molecular formula is C9H17NO2. The fourth-order valence-electron chi connectivity index (χ4n) is 1.83. The van der Waals surface area contributed by atoms with Gasteiger partial charge in [-0.2, -0.15) is 0 Å². The number of aliphatic hydroxyl groups excluding tert-OH is 1. The number of likely N-dealkylation sites (tertiary alicyclic amines) is 1. The van der Waals surface area contributed by atoms with Gasteiger partial charge in [0.15, 0.2) is 0 Å². The SMILES string of the molecule is CC(=O)[C@H]1CCCN1CCCO. The van der Waals surface area contributed by atoms with Crippen LogP contribution in [0.5, 0.6) is 0 Å². The van der Waals surface area contributed by atoms with Gasteiger partial charge >= 0.3 is 0 Å². The first-order chi connectivity index (χ1) is 5.75. The molecule has 3 nitrogen and oxygen atoms in total. The van der Waals surface area contributed by atoms with E-state index in [1.165, 1.54) is 0 Å². The van der Waals surface area contributed by atoms with Crippen molar-refractivity contribution in [2.45, 2.75) is 32.2 Å². The zero-order valence-electron chi connectivity index (χ0n) is 7.62. The maximum absolute atomic E-state index is 11.1. The number of ketones is 1. The van der Waals surface area contributed by atoms with Crippen LogP contribution in [0.3, 0.4) is 0 Å². The highest BCUT2D eigenvalue weighted by molar-refractivity contribution is 5.81. The van der Waals surface area contributed by atoms with Gasteiger partial charge in [-0.05, 0) is 32.7 Å². The number of aliphatic hydroxyl groups is 1. The summed E-state index contributed by atoms with van der Waals surface area (Å²) in [4.78, 5) is 13.3. The average molecular weight is 171 g/mol. The largest absolute Gasteiger partial charge is 0.396 e. The topological polar surface area (TPSA) is 40.5 Å². The Bertz CT molecular complexity index is 159. The van der Waals surface area contributed by atoms with E-state index in [1.807, 2.05) is 0 Å². The Hall–Kier alpha value is -0.410. The lowest BCUT2D eigenvalue weighted by Crippen LogP contribution is -2.35. The van der Waals surface area contributed by atoms with Crippen LogP contribution in [0.25, 0.3) is 0 Å². The number of carbonyl (C=O) groups is 1. The second-order valence-electron chi connectivity index (χ2n) is 3.38. The van der Waals surface area contributed by atoms with E-state index in [1.54, 1.807) is 6.92 Å². The van der Waals surface area contributed by atoms with Gasteiger partial charge in [0.1, 0.15) is 5.78 Å². The first kappa shape index (κ1) is 9.68. The molecular weight excluding hydrogens is 154 g/mol. The van der Waals surface area contributed by atoms with Crippen molar-refractivity contribution < 1.29 is 9.90 Å². The van der Waals surface area contributed by atoms with Gasteiger partial charge in [-0.15, -0.1) is 0 Å². The number of nitrogens with zero attached hydrogens (tertiary/aromatic N) is 1. The first-order valence-electron chi connectivity index (χ1n) is 4.61. The number of hydrogen-bond acceptors (Lipinski definition) is 3. The Balaban J connectivity index is 2.35. The highest BCUT2D eigenvalue weighted by atomic mass is 16.3. The van der Waals surface area contributed by atoms with Gasteiger partial charge in [0, 0.05) is 13.2 Å². The van der Waals surface area contributed by atoms with E-state index in [0.717, 1.165) is 32.4 Å². The molecule has 0 radical (unpaired) electrons. The number of carbonyl (C=O) groups excluding carboxylic acids is 1. The summed E-state index contributed by atoms with van der Waals surface area (Å²) in [6, 6.07) is 0.136. The second-order valence-corrected chi connectivity index (χ2v) is 3.38. The van der Waals surface area contributed by atoms with Crippen molar-refractivity contribution in [1.29, 1.82) is 0 Å². The molecule has 1 saturated heterocycles. The van der Waals surface area contributed by atoms with E-state index in [9.17, 15) is 4.79 Å². The summed E-state index contributed by atoms with van der Waals surface area (Å²) in [5.74, 6) is 0.269. The van der Waals surface area contributed by atoms with Crippen molar-refractivity contribution in [3.05, 3.63) is 0 Å². The van der Waals surface area contributed by atoms with Crippen LogP contribution in [-0.2, 0) is 4.79 Å². The third-order valence-electron chi connectivity index (χ3n) is 2.44. The van der Waals surface area contributed by atoms with Crippen LogP contribution in [0.4, 0.5) is 0 Å². The summed E-state index contributed by atoms with van der Waals surface area (Å²) in [6.07, 6.45) is 2.90. The van der Waals surface area contributed by atoms with E-state index in [4.69, 9.17) is 5.11 Å². The number of rotatable bonds is 4. The lowest BCUT2D eigenvalue weighted by Gasteiger charge is -2.21. The highest BCUT2D eigenvalue weighted by Gasteiger charge is 2.26. The quantitative estimate of drug-likeness (QED) is 0.666. The van der Waals surface area contributed by atoms with E-state index in [-0.39, 0.29) is 18.4 Å². The molecule has 3 heteroatoms. The van der Waals surface area contributed by atoms with Crippen molar-refractivity contribution in [3.8, 4) is 0 Å². The van der Waals surface area contributed by atoms with E-state index < -0.39 is 0 Å². The molecule has 70 valence electrons. The van der Waals surface area contributed by atoms with Crippen molar-refractivity contribution >= 4 is 5.78 Å². The van der Waals surface area contributed by atoms with Crippen LogP contribution >= 0.6 is 0 Å². The third kappa shape index (κ3) is 2.29. The van der Waals surface area contributed by atoms with Gasteiger partial charge in [-0.3, -0.25) is 9.69 Å². The summed E-state index contributed by atoms with van der Waals surface area (Å²) in [7, 11) is 0. The van der Waals surface area contributed by atoms with Crippen molar-refractivity contribution in [3.63, 3.8) is 0 Å². The predicted octanol–water partition coefficient (Wildman–Crippen LogP) is 0.422. The van der Waals surface area contributed by atoms with Crippen LogP contribution < -0.4 is 0 Å². The fraction of sp³-hybridized carbons (Fsp3) is 0.889. The summed E-state index contributed by atoms with van der Waals surface area (Å²) in [5, 5.41) is 8.64. The van der Waals surface area contributed by atoms with Crippen molar-refractivity contribution in [2.24, 2.45) is 0 Å². The summed E-state index contributed by atoms with van der Waals surface area (Å²) >= 11 is 0. The minimum atomic E-state index is 0.136. The molecule has 1 fully saturated rings. The Morgan fingerprint density at radius 3 is 3.00 bits per heavy atom. The van der Waals surface area contributed by atoms with Crippen molar-refractivity contribution in [1.82, 2.24) is 4.90 Å². The zero-order chi connectivity index (χ0) is 8.97. The molecule has 1 N–H and O–H groups in total. The average Bonchev–Trinajstić information content (AvgIpc) is 2.48. The van der Waals surface area contributed by atoms with Crippen LogP contribution in [0.1, 0.15) is 26.2 Å². The molecule has 1 aliphatic rings. The Morgan fingerprint density at radius 2 is 2.42 bits per heavy atom. The molecule has 0 bridgehead atoms. The molecule has 1 aliphatic heterocycles. The Morgan fingerprint density at radius 1 is 1.67 bits per heavy atom. The molecule has 0 amide bonds. The van der Waals surface area contributed by atoms with Gasteiger partial charge < -0.3 is 5.11 Å². The second kappa shape index (κ2) is 4.58. The number of hydrogen-bond donors (Lipinski definition) is 1. The summed E-state index contributed by atoms with van der Waals surface area (Å²) < 4.78 is 0. The van der Waals surface area contributed by atoms with E-state index >= 15 is 0 Å². The lowest BCUT2D eigenvalue weighted by molar-refractivity contribution is -0.121. The molecule has 0 aromatic heterocycles. The Labute approximate surface area is 73.4 Å². The molecule has 1 heterocycles. The molecule has 0 aromatic rings. The first-order valence-corrected chi connectivity index (χ1v) is 4.61. The normalized spacial score (nSPS) is 24.7. The van der Waals surface area contributed by atoms with Crippen LogP contribution in [0, 0.1) is 0 Å². The van der Waals surface area contributed by atoms with Gasteiger partial charge in [-0.1, -0.05) is 0 Å². The molecule has 0 aliphatic carbocycles. The molecule has 0 unspecified atom stereocenters. The lowest BCUT2D eigenvalue weighted by atomic mass is 10.1. The smallest absolute Gasteiger partial charge is 0.146 e. The predicted molar refractivity (Wildman–Crippen MR) is 47.0 cm³/mol. The maximum atomic E-state index is 11.1. The van der Waals surface area contributed by atoms with E-state index in [2.05, 4.69) is 4.90 Å². The summed E-state index contributed by atoms with van der Waals surface area (Å²) in [5.41, 5.74) is 0. The minimum Gasteiger partial charge on any atom is -0.396 e. The zero-order valence-corrected chi connectivity index (χ0v) is 7.62. The molecule has 1 atom stereocenters. The Kier molecular flexibility index (Phi) is 3.69. The van der Waals surface area contributed by atoms with Crippen molar-refractivity contribution in [2.75, 3.05) is 19.7 Å². The standard InChI is InChI=1S/C9H17NO2/c1-8(12)9-4-2-5-10(9)6-3-7-11/h9,11H,2-7H2,1H3/t9-/m1/s1. The fourth-order valence-corrected chi connectivity index (χ4v) is 1.83. The van der Waals surface area contributed by atoms with E-state index in [0.29, 0.717) is 0 Å². The maximum Gasteiger partial charge on any atom is 0.146 e. The van der Waals surface area contributed by atoms with Crippen LogP contribution in [-0.4, -0.2) is 41.5 Å². The third-order valence-corrected chi connectivity index (χ3v) is 2.44. The monoisotopic (exact) mass is 171 g/mol. The number of Topliss-reactive ketones (excluding diaryl/α,β-unsaturated/α-hetero) is 1. The molecule has 12 heavy (non-hydrogen) atoms. The molecule has 0 saturated carbocycles. The highest BCUT2D eigenvalue weighted by Crippen LogP contribution is 2.17. The van der Waals surface area contributed by atoms with Crippen LogP contribution in [0.2, 0.25) is 0 Å². The van der Waals surface area contributed by atoms with Gasteiger partial charge in [-0.25, -0.2) is 0 Å². The molecule has 1 rings (SSSR count). The molecule has 0 aromatic carbocycles. The van der Waals surface area contributed by atoms with Gasteiger partial charge in [0.25, 0.3) is 0 Å². The van der Waals surface area contributed by atoms with Gasteiger partial charge in [0.2, 0.25) is 0 Å². The summed E-state index contributed by atoms with van der Waals surface area (Å²) in [6.45, 7) is 3.76. The van der Waals surface area contributed by atoms with Gasteiger partial charge in [0.05, 0.1) is 6.04 Å². The van der Waals surface area contributed by atoms with Crippen LogP contribution in [0.15, 0.2) is 0 Å². The molecule has 0 spiro atoms. The minimum absolute atomic E-state index is 0.136.